The largest absolute Gasteiger partial charge is 0.385 e. The van der Waals surface area contributed by atoms with Crippen LogP contribution in [0.25, 0.3) is 0 Å². The number of carbonyl (C=O) groups is 1. The van der Waals surface area contributed by atoms with E-state index in [1.165, 1.54) is 5.56 Å². The SMILES string of the molecule is COCCCC(=O)N1CCS[C@@H](C)[C@H]1c1ccccc1. The molecule has 0 unspecified atom stereocenters. The van der Waals surface area contributed by atoms with E-state index in [1.807, 2.05) is 17.8 Å². The van der Waals surface area contributed by atoms with Gasteiger partial charge in [0.15, 0.2) is 0 Å². The molecular weight excluding hydrogens is 270 g/mol. The number of thioether (sulfide) groups is 1. The summed E-state index contributed by atoms with van der Waals surface area (Å²) in [6.07, 6.45) is 1.38. The van der Waals surface area contributed by atoms with Crippen molar-refractivity contribution in [3.05, 3.63) is 35.9 Å². The number of rotatable bonds is 5. The van der Waals surface area contributed by atoms with Crippen molar-refractivity contribution in [1.82, 2.24) is 4.90 Å². The Morgan fingerprint density at radius 2 is 2.15 bits per heavy atom. The molecule has 1 amide bonds. The molecule has 0 bridgehead atoms. The summed E-state index contributed by atoms with van der Waals surface area (Å²) in [6.45, 7) is 3.72. The van der Waals surface area contributed by atoms with E-state index < -0.39 is 0 Å². The number of benzene rings is 1. The third-order valence-electron chi connectivity index (χ3n) is 3.69. The van der Waals surface area contributed by atoms with Gasteiger partial charge in [-0.3, -0.25) is 4.79 Å². The number of methoxy groups -OCH3 is 1. The van der Waals surface area contributed by atoms with Crippen LogP contribution in [0.3, 0.4) is 0 Å². The Kier molecular flexibility index (Phi) is 5.92. The lowest BCUT2D eigenvalue weighted by atomic mass is 10.0. The van der Waals surface area contributed by atoms with Crippen LogP contribution >= 0.6 is 11.8 Å². The molecule has 20 heavy (non-hydrogen) atoms. The minimum absolute atomic E-state index is 0.199. The Morgan fingerprint density at radius 1 is 1.40 bits per heavy atom. The van der Waals surface area contributed by atoms with Gasteiger partial charge in [0.05, 0.1) is 6.04 Å². The summed E-state index contributed by atoms with van der Waals surface area (Å²) in [4.78, 5) is 14.5. The molecule has 1 aliphatic rings. The summed E-state index contributed by atoms with van der Waals surface area (Å²) in [5.41, 5.74) is 1.24. The van der Waals surface area contributed by atoms with E-state index in [4.69, 9.17) is 4.74 Å². The summed E-state index contributed by atoms with van der Waals surface area (Å²) in [5.74, 6) is 1.28. The monoisotopic (exact) mass is 293 g/mol. The predicted octanol–water partition coefficient (Wildman–Crippen LogP) is 3.12. The summed E-state index contributed by atoms with van der Waals surface area (Å²) >= 11 is 1.95. The van der Waals surface area contributed by atoms with Crippen LogP contribution in [0.5, 0.6) is 0 Å². The first kappa shape index (κ1) is 15.4. The molecule has 3 nitrogen and oxygen atoms in total. The molecule has 1 saturated heterocycles. The summed E-state index contributed by atoms with van der Waals surface area (Å²) in [6, 6.07) is 10.6. The molecule has 2 rings (SSSR count). The van der Waals surface area contributed by atoms with Crippen molar-refractivity contribution in [2.75, 3.05) is 26.0 Å². The average molecular weight is 293 g/mol. The summed E-state index contributed by atoms with van der Waals surface area (Å²) < 4.78 is 5.04. The van der Waals surface area contributed by atoms with Gasteiger partial charge >= 0.3 is 0 Å². The van der Waals surface area contributed by atoms with E-state index in [2.05, 4.69) is 36.1 Å². The van der Waals surface area contributed by atoms with Crippen LogP contribution in [0.15, 0.2) is 30.3 Å². The van der Waals surface area contributed by atoms with Crippen LogP contribution in [0.1, 0.15) is 31.4 Å². The smallest absolute Gasteiger partial charge is 0.223 e. The molecule has 0 radical (unpaired) electrons. The van der Waals surface area contributed by atoms with Gasteiger partial charge in [-0.15, -0.1) is 0 Å². The van der Waals surface area contributed by atoms with Crippen LogP contribution in [0, 0.1) is 0 Å². The zero-order valence-electron chi connectivity index (χ0n) is 12.2. The van der Waals surface area contributed by atoms with Crippen molar-refractivity contribution in [3.63, 3.8) is 0 Å². The second-order valence-electron chi connectivity index (χ2n) is 5.11. The van der Waals surface area contributed by atoms with E-state index in [0.29, 0.717) is 18.3 Å². The van der Waals surface area contributed by atoms with Crippen molar-refractivity contribution in [3.8, 4) is 0 Å². The van der Waals surface area contributed by atoms with Crippen molar-refractivity contribution < 1.29 is 9.53 Å². The highest BCUT2D eigenvalue weighted by molar-refractivity contribution is 8.00. The molecule has 110 valence electrons. The minimum Gasteiger partial charge on any atom is -0.385 e. The van der Waals surface area contributed by atoms with Crippen LogP contribution in [0.2, 0.25) is 0 Å². The van der Waals surface area contributed by atoms with Gasteiger partial charge in [0.25, 0.3) is 0 Å². The maximum atomic E-state index is 12.5. The fraction of sp³-hybridized carbons (Fsp3) is 0.562. The van der Waals surface area contributed by atoms with E-state index in [1.54, 1.807) is 7.11 Å². The van der Waals surface area contributed by atoms with Gasteiger partial charge in [0.1, 0.15) is 0 Å². The van der Waals surface area contributed by atoms with Gasteiger partial charge in [-0.1, -0.05) is 37.3 Å². The summed E-state index contributed by atoms with van der Waals surface area (Å²) in [7, 11) is 1.68. The molecule has 4 heteroatoms. The lowest BCUT2D eigenvalue weighted by Gasteiger charge is -2.40. The predicted molar refractivity (Wildman–Crippen MR) is 83.9 cm³/mol. The van der Waals surface area contributed by atoms with Gasteiger partial charge < -0.3 is 9.64 Å². The van der Waals surface area contributed by atoms with E-state index in [9.17, 15) is 4.79 Å². The van der Waals surface area contributed by atoms with Gasteiger partial charge in [-0.05, 0) is 12.0 Å². The molecule has 1 aromatic carbocycles. The first-order valence-corrected chi connectivity index (χ1v) is 8.24. The fourth-order valence-electron chi connectivity index (χ4n) is 2.71. The number of carbonyl (C=O) groups excluding carboxylic acids is 1. The van der Waals surface area contributed by atoms with Crippen LogP contribution in [0.4, 0.5) is 0 Å². The highest BCUT2D eigenvalue weighted by Crippen LogP contribution is 2.36. The van der Waals surface area contributed by atoms with E-state index >= 15 is 0 Å². The molecular formula is C16H23NO2S. The molecule has 2 atom stereocenters. The molecule has 0 aliphatic carbocycles. The Labute approximate surface area is 125 Å². The zero-order valence-corrected chi connectivity index (χ0v) is 13.1. The Balaban J connectivity index is 2.10. The zero-order chi connectivity index (χ0) is 14.4. The standard InChI is InChI=1S/C16H23NO2S/c1-13-16(14-7-4-3-5-8-14)17(10-12-20-13)15(18)9-6-11-19-2/h3-5,7-8,13,16H,6,9-12H2,1-2H3/t13-,16-/m0/s1. The van der Waals surface area contributed by atoms with Crippen molar-refractivity contribution in [2.24, 2.45) is 0 Å². The second-order valence-corrected chi connectivity index (χ2v) is 6.60. The quantitative estimate of drug-likeness (QED) is 0.781. The minimum atomic E-state index is 0.199. The maximum Gasteiger partial charge on any atom is 0.223 e. The number of hydrogen-bond acceptors (Lipinski definition) is 3. The fourth-order valence-corrected chi connectivity index (χ4v) is 3.87. The van der Waals surface area contributed by atoms with E-state index in [-0.39, 0.29) is 11.9 Å². The highest BCUT2D eigenvalue weighted by Gasteiger charge is 2.32. The lowest BCUT2D eigenvalue weighted by molar-refractivity contribution is -0.134. The van der Waals surface area contributed by atoms with Crippen molar-refractivity contribution in [1.29, 1.82) is 0 Å². The normalized spacial score (nSPS) is 22.8. The Morgan fingerprint density at radius 3 is 2.85 bits per heavy atom. The van der Waals surface area contributed by atoms with Gasteiger partial charge in [-0.2, -0.15) is 11.8 Å². The molecule has 1 heterocycles. The Bertz CT molecular complexity index is 424. The van der Waals surface area contributed by atoms with Gasteiger partial charge in [0.2, 0.25) is 5.91 Å². The highest BCUT2D eigenvalue weighted by atomic mass is 32.2. The summed E-state index contributed by atoms with van der Waals surface area (Å²) in [5, 5.41) is 0.442. The molecule has 0 aromatic heterocycles. The first-order chi connectivity index (χ1) is 9.74. The molecule has 1 aromatic rings. The molecule has 0 saturated carbocycles. The molecule has 0 N–H and O–H groups in total. The molecule has 1 fully saturated rings. The second kappa shape index (κ2) is 7.70. The first-order valence-electron chi connectivity index (χ1n) is 7.19. The Hall–Kier alpha value is -1.00. The van der Waals surface area contributed by atoms with Crippen LogP contribution < -0.4 is 0 Å². The molecule has 0 spiro atoms. The average Bonchev–Trinajstić information content (AvgIpc) is 2.48. The van der Waals surface area contributed by atoms with Gasteiger partial charge in [-0.25, -0.2) is 0 Å². The third-order valence-corrected chi connectivity index (χ3v) is 4.90. The third kappa shape index (κ3) is 3.76. The number of nitrogens with zero attached hydrogens (tertiary/aromatic N) is 1. The number of ether oxygens (including phenoxy) is 1. The molecule has 1 aliphatic heterocycles. The van der Waals surface area contributed by atoms with Crippen molar-refractivity contribution in [2.45, 2.75) is 31.1 Å². The lowest BCUT2D eigenvalue weighted by Crippen LogP contribution is -2.43. The maximum absolute atomic E-state index is 12.5. The van der Waals surface area contributed by atoms with E-state index in [0.717, 1.165) is 18.7 Å². The topological polar surface area (TPSA) is 29.5 Å². The van der Waals surface area contributed by atoms with Crippen LogP contribution in [-0.2, 0) is 9.53 Å². The van der Waals surface area contributed by atoms with Crippen LogP contribution in [-0.4, -0.2) is 42.1 Å². The van der Waals surface area contributed by atoms with Gasteiger partial charge in [0, 0.05) is 37.7 Å². The van der Waals surface area contributed by atoms with Crippen molar-refractivity contribution >= 4 is 17.7 Å². The number of hydrogen-bond donors (Lipinski definition) is 0. The number of amides is 1.